The largest absolute Gasteiger partial charge is 0.307 e. The first-order valence-electron chi connectivity index (χ1n) is 7.48. The van der Waals surface area contributed by atoms with E-state index in [1.807, 2.05) is 30.3 Å². The lowest BCUT2D eigenvalue weighted by Gasteiger charge is -2.35. The van der Waals surface area contributed by atoms with E-state index in [9.17, 15) is 0 Å². The summed E-state index contributed by atoms with van der Waals surface area (Å²) in [7, 11) is 2.18. The molecule has 112 valence electrons. The van der Waals surface area contributed by atoms with Gasteiger partial charge in [0.25, 0.3) is 0 Å². The number of tetrazole rings is 1. The standard InChI is InChI=1S/C15H22N6/c1-12-11-20(2)9-8-14(12)16-10-15-17-18-19-21(15)13-6-4-3-5-7-13/h3-7,12,14,16H,8-11H2,1-2H3. The van der Waals surface area contributed by atoms with Crippen LogP contribution in [-0.2, 0) is 6.54 Å². The van der Waals surface area contributed by atoms with Gasteiger partial charge in [0.05, 0.1) is 12.2 Å². The van der Waals surface area contributed by atoms with E-state index >= 15 is 0 Å². The molecule has 0 amide bonds. The summed E-state index contributed by atoms with van der Waals surface area (Å²) in [4.78, 5) is 2.39. The SMILES string of the molecule is CC1CN(C)CCC1NCc1nnnn1-c1ccccc1. The van der Waals surface area contributed by atoms with Crippen LogP contribution in [0, 0.1) is 5.92 Å². The van der Waals surface area contributed by atoms with Gasteiger partial charge in [-0.15, -0.1) is 5.10 Å². The summed E-state index contributed by atoms with van der Waals surface area (Å²) >= 11 is 0. The summed E-state index contributed by atoms with van der Waals surface area (Å²) in [5, 5.41) is 15.7. The summed E-state index contributed by atoms with van der Waals surface area (Å²) in [6.07, 6.45) is 1.17. The Bertz CT molecular complexity index is 567. The highest BCUT2D eigenvalue weighted by Gasteiger charge is 2.24. The molecule has 0 radical (unpaired) electrons. The van der Waals surface area contributed by atoms with E-state index in [0.717, 1.165) is 24.6 Å². The molecule has 6 heteroatoms. The smallest absolute Gasteiger partial charge is 0.170 e. The first-order valence-corrected chi connectivity index (χ1v) is 7.48. The second-order valence-corrected chi connectivity index (χ2v) is 5.86. The predicted octanol–water partition coefficient (Wildman–Crippen LogP) is 1.09. The van der Waals surface area contributed by atoms with Crippen molar-refractivity contribution in [3.63, 3.8) is 0 Å². The molecule has 2 heterocycles. The molecule has 2 atom stereocenters. The highest BCUT2D eigenvalue weighted by atomic mass is 15.5. The average molecular weight is 286 g/mol. The highest BCUT2D eigenvalue weighted by Crippen LogP contribution is 2.16. The molecular formula is C15H22N6. The van der Waals surface area contributed by atoms with Gasteiger partial charge in [-0.25, -0.2) is 0 Å². The van der Waals surface area contributed by atoms with Gasteiger partial charge >= 0.3 is 0 Å². The van der Waals surface area contributed by atoms with Crippen molar-refractivity contribution in [2.75, 3.05) is 20.1 Å². The maximum atomic E-state index is 4.15. The quantitative estimate of drug-likeness (QED) is 0.912. The Morgan fingerprint density at radius 2 is 2.10 bits per heavy atom. The lowest BCUT2D eigenvalue weighted by Crippen LogP contribution is -2.46. The van der Waals surface area contributed by atoms with Gasteiger partial charge in [0.1, 0.15) is 0 Å². The molecule has 1 aromatic heterocycles. The summed E-state index contributed by atoms with van der Waals surface area (Å²) in [5.41, 5.74) is 0.996. The predicted molar refractivity (Wildman–Crippen MR) is 81.1 cm³/mol. The van der Waals surface area contributed by atoms with Crippen LogP contribution >= 0.6 is 0 Å². The zero-order valence-electron chi connectivity index (χ0n) is 12.6. The molecule has 1 N–H and O–H groups in total. The van der Waals surface area contributed by atoms with Crippen molar-refractivity contribution >= 4 is 0 Å². The van der Waals surface area contributed by atoms with Gasteiger partial charge in [-0.3, -0.25) is 0 Å². The van der Waals surface area contributed by atoms with Crippen molar-refractivity contribution in [1.29, 1.82) is 0 Å². The van der Waals surface area contributed by atoms with Crippen molar-refractivity contribution in [3.05, 3.63) is 36.2 Å². The first-order chi connectivity index (χ1) is 10.2. The zero-order chi connectivity index (χ0) is 14.7. The molecule has 1 aliphatic heterocycles. The van der Waals surface area contributed by atoms with Crippen LogP contribution in [0.4, 0.5) is 0 Å². The summed E-state index contributed by atoms with van der Waals surface area (Å²) < 4.78 is 1.80. The number of piperidine rings is 1. The Balaban J connectivity index is 1.65. The fourth-order valence-corrected chi connectivity index (χ4v) is 2.97. The number of hydrogen-bond acceptors (Lipinski definition) is 5. The van der Waals surface area contributed by atoms with Crippen molar-refractivity contribution < 1.29 is 0 Å². The first kappa shape index (κ1) is 14.2. The maximum absolute atomic E-state index is 4.15. The minimum Gasteiger partial charge on any atom is -0.307 e. The van der Waals surface area contributed by atoms with E-state index in [2.05, 4.69) is 39.7 Å². The molecule has 0 spiro atoms. The van der Waals surface area contributed by atoms with E-state index in [1.165, 1.54) is 6.42 Å². The fraction of sp³-hybridized carbons (Fsp3) is 0.533. The fourth-order valence-electron chi connectivity index (χ4n) is 2.97. The number of aromatic nitrogens is 4. The van der Waals surface area contributed by atoms with Crippen LogP contribution in [0.2, 0.25) is 0 Å². The zero-order valence-corrected chi connectivity index (χ0v) is 12.6. The molecule has 2 unspecified atom stereocenters. The van der Waals surface area contributed by atoms with Crippen LogP contribution < -0.4 is 5.32 Å². The van der Waals surface area contributed by atoms with Crippen LogP contribution in [0.3, 0.4) is 0 Å². The van der Waals surface area contributed by atoms with Gasteiger partial charge in [-0.1, -0.05) is 25.1 Å². The van der Waals surface area contributed by atoms with Gasteiger partial charge in [-0.2, -0.15) is 4.68 Å². The molecule has 0 saturated carbocycles. The molecular weight excluding hydrogens is 264 g/mol. The topological polar surface area (TPSA) is 58.9 Å². The van der Waals surface area contributed by atoms with E-state index in [1.54, 1.807) is 4.68 Å². The van der Waals surface area contributed by atoms with Crippen LogP contribution in [0.25, 0.3) is 5.69 Å². The Morgan fingerprint density at radius 3 is 2.86 bits per heavy atom. The number of hydrogen-bond donors (Lipinski definition) is 1. The number of para-hydroxylation sites is 1. The lowest BCUT2D eigenvalue weighted by molar-refractivity contribution is 0.173. The molecule has 1 fully saturated rings. The van der Waals surface area contributed by atoms with E-state index in [0.29, 0.717) is 18.5 Å². The number of nitrogens with one attached hydrogen (secondary N) is 1. The van der Waals surface area contributed by atoms with Crippen LogP contribution in [0.1, 0.15) is 19.2 Å². The van der Waals surface area contributed by atoms with Crippen LogP contribution in [0.5, 0.6) is 0 Å². The maximum Gasteiger partial charge on any atom is 0.170 e. The van der Waals surface area contributed by atoms with Crippen molar-refractivity contribution in [3.8, 4) is 5.69 Å². The Labute approximate surface area is 125 Å². The van der Waals surface area contributed by atoms with Crippen molar-refractivity contribution in [2.45, 2.75) is 25.9 Å². The molecule has 2 aromatic rings. The molecule has 21 heavy (non-hydrogen) atoms. The van der Waals surface area contributed by atoms with Crippen molar-refractivity contribution in [2.24, 2.45) is 5.92 Å². The van der Waals surface area contributed by atoms with Gasteiger partial charge in [0, 0.05) is 12.6 Å². The van der Waals surface area contributed by atoms with Gasteiger partial charge in [0.2, 0.25) is 0 Å². The number of rotatable bonds is 4. The van der Waals surface area contributed by atoms with E-state index in [-0.39, 0.29) is 0 Å². The summed E-state index contributed by atoms with van der Waals surface area (Å²) in [6.45, 7) is 5.28. The Hall–Kier alpha value is -1.79. The molecule has 6 nitrogen and oxygen atoms in total. The minimum absolute atomic E-state index is 0.530. The Kier molecular flexibility index (Phi) is 4.26. The molecule has 0 aliphatic carbocycles. The summed E-state index contributed by atoms with van der Waals surface area (Å²) in [6, 6.07) is 10.5. The van der Waals surface area contributed by atoms with Gasteiger partial charge < -0.3 is 10.2 Å². The number of likely N-dealkylation sites (tertiary alicyclic amines) is 1. The van der Waals surface area contributed by atoms with E-state index in [4.69, 9.17) is 0 Å². The van der Waals surface area contributed by atoms with E-state index < -0.39 is 0 Å². The molecule has 1 aliphatic rings. The third-order valence-corrected chi connectivity index (χ3v) is 4.17. The Morgan fingerprint density at radius 1 is 1.29 bits per heavy atom. The van der Waals surface area contributed by atoms with Gasteiger partial charge in [-0.05, 0) is 48.5 Å². The molecule has 0 bridgehead atoms. The lowest BCUT2D eigenvalue weighted by atomic mass is 9.94. The third kappa shape index (κ3) is 3.28. The normalized spacial score (nSPS) is 23.3. The summed E-state index contributed by atoms with van der Waals surface area (Å²) in [5.74, 6) is 1.50. The second kappa shape index (κ2) is 6.32. The second-order valence-electron chi connectivity index (χ2n) is 5.86. The minimum atomic E-state index is 0.530. The molecule has 1 aromatic carbocycles. The van der Waals surface area contributed by atoms with Crippen LogP contribution in [-0.4, -0.2) is 51.3 Å². The third-order valence-electron chi connectivity index (χ3n) is 4.17. The molecule has 3 rings (SSSR count). The monoisotopic (exact) mass is 286 g/mol. The van der Waals surface area contributed by atoms with Crippen molar-refractivity contribution in [1.82, 2.24) is 30.4 Å². The van der Waals surface area contributed by atoms with Gasteiger partial charge in [0.15, 0.2) is 5.82 Å². The highest BCUT2D eigenvalue weighted by molar-refractivity contribution is 5.30. The average Bonchev–Trinajstić information content (AvgIpc) is 2.96. The van der Waals surface area contributed by atoms with Crippen LogP contribution in [0.15, 0.2) is 30.3 Å². The number of benzene rings is 1. The number of nitrogens with zero attached hydrogens (tertiary/aromatic N) is 5. The molecule has 1 saturated heterocycles.